The number of imidazole rings is 1. The van der Waals surface area contributed by atoms with Gasteiger partial charge in [0.2, 0.25) is 11.9 Å². The van der Waals surface area contributed by atoms with Crippen LogP contribution >= 0.6 is 0 Å². The van der Waals surface area contributed by atoms with Crippen molar-refractivity contribution in [3.05, 3.63) is 27.2 Å². The number of hydrogen-bond acceptors (Lipinski definition) is 4. The first-order chi connectivity index (χ1) is 6.02. The number of hydroxylamine groups is 1. The Morgan fingerprint density at radius 3 is 2.62 bits per heavy atom. The predicted octanol–water partition coefficient (Wildman–Crippen LogP) is -0.113. The van der Waals surface area contributed by atoms with Crippen molar-refractivity contribution in [2.24, 2.45) is 7.05 Å². The summed E-state index contributed by atoms with van der Waals surface area (Å²) in [5.74, 6) is -0.284. The van der Waals surface area contributed by atoms with Gasteiger partial charge in [0.1, 0.15) is 7.05 Å². The maximum absolute atomic E-state index is 10.6. The maximum atomic E-state index is 10.6. The first-order valence-electron chi connectivity index (χ1n) is 3.43. The van der Waals surface area contributed by atoms with Crippen molar-refractivity contribution in [1.29, 1.82) is 0 Å². The number of aromatic nitrogens is 2. The molecule has 7 nitrogen and oxygen atoms in total. The van der Waals surface area contributed by atoms with Crippen LogP contribution in [0.15, 0.2) is 6.20 Å². The maximum Gasteiger partial charge on any atom is 0.435 e. The van der Waals surface area contributed by atoms with E-state index in [1.165, 1.54) is 31.1 Å². The molecule has 7 heteroatoms. The van der Waals surface area contributed by atoms with Crippen LogP contribution in [0, 0.1) is 15.3 Å². The van der Waals surface area contributed by atoms with Gasteiger partial charge in [-0.3, -0.25) is 0 Å². The Morgan fingerprint density at radius 2 is 2.23 bits per heavy atom. The topological polar surface area (TPSA) is 87.0 Å². The third-order valence-corrected chi connectivity index (χ3v) is 1.48. The molecule has 0 N–H and O–H groups in total. The Bertz CT molecular complexity index is 364. The highest BCUT2D eigenvalue weighted by Gasteiger charge is 2.17. The van der Waals surface area contributed by atoms with Crippen LogP contribution in [0.2, 0.25) is 0 Å². The quantitative estimate of drug-likeness (QED) is 0.211. The Balaban J connectivity index is 3.14. The molecule has 0 bridgehead atoms. The third kappa shape index (κ3) is 1.81. The summed E-state index contributed by atoms with van der Waals surface area (Å²) in [5.41, 5.74) is 0.393. The van der Waals surface area contributed by atoms with E-state index in [9.17, 15) is 15.3 Å². The zero-order chi connectivity index (χ0) is 10.0. The van der Waals surface area contributed by atoms with E-state index in [0.717, 1.165) is 0 Å². The molecule has 0 saturated heterocycles. The molecule has 0 aliphatic rings. The molecule has 0 aliphatic carbocycles. The van der Waals surface area contributed by atoms with Crippen LogP contribution in [0.25, 0.3) is 0 Å². The number of hydrogen-bond donors (Lipinski definition) is 0. The second-order valence-corrected chi connectivity index (χ2v) is 2.47. The molecule has 0 amide bonds. The van der Waals surface area contributed by atoms with E-state index >= 15 is 0 Å². The minimum atomic E-state index is -0.609. The molecule has 1 aromatic heterocycles. The summed E-state index contributed by atoms with van der Waals surface area (Å²) in [5, 5.41) is 20.9. The van der Waals surface area contributed by atoms with Gasteiger partial charge in [0, 0.05) is 0 Å². The summed E-state index contributed by atoms with van der Waals surface area (Å²) in [6.07, 6.45) is 2.48. The van der Waals surface area contributed by atoms with Crippen molar-refractivity contribution >= 4 is 12.2 Å². The second-order valence-electron chi connectivity index (χ2n) is 2.47. The Labute approximate surface area is 73.7 Å². The van der Waals surface area contributed by atoms with E-state index < -0.39 is 4.92 Å². The molecule has 0 aromatic carbocycles. The average Bonchev–Trinajstić information content (AvgIpc) is 2.32. The first kappa shape index (κ1) is 9.17. The van der Waals surface area contributed by atoms with Crippen LogP contribution in [0.1, 0.15) is 5.69 Å². The molecule has 0 radical (unpaired) electrons. The molecule has 0 aliphatic heterocycles. The lowest BCUT2D eigenvalue weighted by molar-refractivity contribution is -0.417. The van der Waals surface area contributed by atoms with Crippen LogP contribution in [0.4, 0.5) is 5.95 Å². The van der Waals surface area contributed by atoms with Crippen LogP contribution in [-0.2, 0) is 7.05 Å². The summed E-state index contributed by atoms with van der Waals surface area (Å²) in [6, 6.07) is 0. The Morgan fingerprint density at radius 1 is 1.62 bits per heavy atom. The molecule has 13 heavy (non-hydrogen) atoms. The van der Waals surface area contributed by atoms with Gasteiger partial charge in [0.05, 0.1) is 7.05 Å². The minimum Gasteiger partial charge on any atom is -0.624 e. The normalized spacial score (nSPS) is 11.7. The van der Waals surface area contributed by atoms with Gasteiger partial charge >= 0.3 is 5.95 Å². The predicted molar refractivity (Wildman–Crippen MR) is 44.6 cm³/mol. The molecule has 1 aromatic rings. The van der Waals surface area contributed by atoms with Crippen LogP contribution < -0.4 is 0 Å². The summed E-state index contributed by atoms with van der Waals surface area (Å²) < 4.78 is 1.79. The minimum absolute atomic E-state index is 0.284. The van der Waals surface area contributed by atoms with Crippen molar-refractivity contribution in [1.82, 2.24) is 9.55 Å². The van der Waals surface area contributed by atoms with E-state index in [-0.39, 0.29) is 5.95 Å². The molecule has 0 fully saturated rings. The summed E-state index contributed by atoms with van der Waals surface area (Å²) in [7, 11) is 2.76. The summed E-state index contributed by atoms with van der Waals surface area (Å²) >= 11 is 0. The van der Waals surface area contributed by atoms with Crippen LogP contribution in [0.3, 0.4) is 0 Å². The molecule has 0 spiro atoms. The highest BCUT2D eigenvalue weighted by Crippen LogP contribution is 2.08. The zero-order valence-electron chi connectivity index (χ0n) is 7.17. The van der Waals surface area contributed by atoms with Gasteiger partial charge in [0.25, 0.3) is 0 Å². The second kappa shape index (κ2) is 3.21. The van der Waals surface area contributed by atoms with E-state index in [0.29, 0.717) is 10.4 Å². The molecule has 1 rings (SSSR count). The van der Waals surface area contributed by atoms with E-state index in [4.69, 9.17) is 0 Å². The average molecular weight is 184 g/mol. The fourth-order valence-corrected chi connectivity index (χ4v) is 0.888. The van der Waals surface area contributed by atoms with Crippen molar-refractivity contribution in [3.63, 3.8) is 0 Å². The van der Waals surface area contributed by atoms with Gasteiger partial charge < -0.3 is 15.3 Å². The monoisotopic (exact) mass is 184 g/mol. The van der Waals surface area contributed by atoms with E-state index in [1.54, 1.807) is 0 Å². The lowest BCUT2D eigenvalue weighted by atomic mass is 10.5. The Kier molecular flexibility index (Phi) is 2.27. The molecule has 0 atom stereocenters. The number of rotatable bonds is 2. The van der Waals surface area contributed by atoms with Gasteiger partial charge in [-0.2, -0.15) is 0 Å². The van der Waals surface area contributed by atoms with Gasteiger partial charge in [0.15, 0.2) is 6.20 Å². The van der Waals surface area contributed by atoms with Crippen LogP contribution in [0.5, 0.6) is 0 Å². The third-order valence-electron chi connectivity index (χ3n) is 1.48. The van der Waals surface area contributed by atoms with Gasteiger partial charge in [-0.1, -0.05) is 4.98 Å². The fraction of sp³-hybridized carbons (Fsp3) is 0.333. The number of nitrogens with zero attached hydrogens (tertiary/aromatic N) is 4. The van der Waals surface area contributed by atoms with Gasteiger partial charge in [-0.05, 0) is 4.92 Å². The highest BCUT2D eigenvalue weighted by atomic mass is 16.6. The van der Waals surface area contributed by atoms with Gasteiger partial charge in [-0.15, -0.1) is 0 Å². The molecule has 1 heterocycles. The molecular weight excluding hydrogens is 176 g/mol. The van der Waals surface area contributed by atoms with Crippen molar-refractivity contribution in [2.45, 2.75) is 0 Å². The first-order valence-corrected chi connectivity index (χ1v) is 3.43. The summed E-state index contributed by atoms with van der Waals surface area (Å²) in [6.45, 7) is 0. The largest absolute Gasteiger partial charge is 0.624 e. The summed E-state index contributed by atoms with van der Waals surface area (Å²) in [4.78, 5) is 13.3. The SMILES string of the molecule is Cn1c(C=[N+](C)[O-])cnc1[N+](=O)[O-]. The fourth-order valence-electron chi connectivity index (χ4n) is 0.888. The molecule has 70 valence electrons. The van der Waals surface area contributed by atoms with Crippen molar-refractivity contribution < 1.29 is 9.66 Å². The standard InChI is InChI=1S/C6H8N4O3/c1-8(11)4-5-3-7-6(9(5)2)10(12)13/h3-4H,1-2H3. The lowest BCUT2D eigenvalue weighted by Crippen LogP contribution is -2.05. The van der Waals surface area contributed by atoms with Crippen LogP contribution in [-0.4, -0.2) is 32.5 Å². The Hall–Kier alpha value is -1.92. The van der Waals surface area contributed by atoms with E-state index in [2.05, 4.69) is 4.98 Å². The van der Waals surface area contributed by atoms with E-state index in [1.807, 2.05) is 0 Å². The molecular formula is C6H8N4O3. The van der Waals surface area contributed by atoms with Crippen molar-refractivity contribution in [3.8, 4) is 0 Å². The van der Waals surface area contributed by atoms with Crippen molar-refractivity contribution in [2.75, 3.05) is 7.05 Å². The molecule has 0 saturated carbocycles. The highest BCUT2D eigenvalue weighted by molar-refractivity contribution is 5.73. The zero-order valence-corrected chi connectivity index (χ0v) is 7.17. The smallest absolute Gasteiger partial charge is 0.435 e. The molecule has 0 unspecified atom stereocenters. The van der Waals surface area contributed by atoms with Gasteiger partial charge in [-0.25, -0.2) is 9.31 Å². The lowest BCUT2D eigenvalue weighted by Gasteiger charge is -1.95. The number of nitro groups is 1.